The number of carboxylic acid groups (broad SMARTS) is 1. The molecular weight excluding hydrogens is 254 g/mol. The van der Waals surface area contributed by atoms with Gasteiger partial charge in [0.2, 0.25) is 0 Å². The lowest BCUT2D eigenvalue weighted by atomic mass is 10.2. The topological polar surface area (TPSA) is 67.8 Å². The monoisotopic (exact) mass is 273 g/mol. The summed E-state index contributed by atoms with van der Waals surface area (Å²) in [7, 11) is 3.28. The number of hydrogen-bond donors (Lipinski definition) is 2. The Morgan fingerprint density at radius 3 is 2.78 bits per heavy atom. The van der Waals surface area contributed by atoms with Crippen molar-refractivity contribution < 1.29 is 19.4 Å². The lowest BCUT2D eigenvalue weighted by Gasteiger charge is -2.14. The van der Waals surface area contributed by atoms with Crippen LogP contribution in [-0.4, -0.2) is 44.6 Å². The van der Waals surface area contributed by atoms with Gasteiger partial charge in [0.15, 0.2) is 0 Å². The number of hydrogen-bond acceptors (Lipinski definition) is 5. The highest BCUT2D eigenvalue weighted by Crippen LogP contribution is 2.21. The zero-order valence-electron chi connectivity index (χ0n) is 10.9. The summed E-state index contributed by atoms with van der Waals surface area (Å²) in [6.07, 6.45) is 0.00730. The van der Waals surface area contributed by atoms with Gasteiger partial charge in [-0.05, 0) is 18.6 Å². The fourth-order valence-electron chi connectivity index (χ4n) is 1.56. The first-order valence-electron chi connectivity index (χ1n) is 5.63. The van der Waals surface area contributed by atoms with E-state index in [0.717, 1.165) is 10.4 Å². The molecule has 0 bridgehead atoms. The van der Waals surface area contributed by atoms with Gasteiger partial charge in [0.05, 0.1) is 12.7 Å². The molecule has 0 saturated carbocycles. The second-order valence-electron chi connectivity index (χ2n) is 3.94. The van der Waals surface area contributed by atoms with Crippen LogP contribution in [0.4, 0.5) is 0 Å². The van der Waals surface area contributed by atoms with Crippen molar-refractivity contribution >= 4 is 17.3 Å². The molecule has 0 aromatic carbocycles. The van der Waals surface area contributed by atoms with Crippen molar-refractivity contribution in [3.63, 3.8) is 0 Å². The Hall–Kier alpha value is -0.950. The Labute approximate surface area is 111 Å². The maximum atomic E-state index is 10.8. The van der Waals surface area contributed by atoms with E-state index < -0.39 is 5.97 Å². The highest BCUT2D eigenvalue weighted by molar-refractivity contribution is 7.14. The summed E-state index contributed by atoms with van der Waals surface area (Å²) in [6, 6.07) is 1.72. The standard InChI is InChI=1S/C12H19NO4S/c1-8-9(4-11(18-8)12(14)15)5-13-6-10(17-3)7-16-2/h4,10,13H,5-7H2,1-3H3,(H,14,15). The number of methoxy groups -OCH3 is 2. The van der Waals surface area contributed by atoms with Gasteiger partial charge >= 0.3 is 5.97 Å². The number of thiophene rings is 1. The average Bonchev–Trinajstić information content (AvgIpc) is 2.70. The third kappa shape index (κ3) is 4.38. The number of aromatic carboxylic acids is 1. The van der Waals surface area contributed by atoms with Crippen molar-refractivity contribution in [1.29, 1.82) is 0 Å². The van der Waals surface area contributed by atoms with Gasteiger partial charge in [-0.25, -0.2) is 4.79 Å². The number of aryl methyl sites for hydroxylation is 1. The van der Waals surface area contributed by atoms with Crippen LogP contribution in [-0.2, 0) is 16.0 Å². The van der Waals surface area contributed by atoms with Gasteiger partial charge in [-0.3, -0.25) is 0 Å². The van der Waals surface area contributed by atoms with Crippen LogP contribution in [0.25, 0.3) is 0 Å². The Morgan fingerprint density at radius 2 is 2.28 bits per heavy atom. The second-order valence-corrected chi connectivity index (χ2v) is 5.20. The van der Waals surface area contributed by atoms with Crippen molar-refractivity contribution in [3.05, 3.63) is 21.4 Å². The molecule has 102 valence electrons. The van der Waals surface area contributed by atoms with E-state index in [-0.39, 0.29) is 6.10 Å². The average molecular weight is 273 g/mol. The van der Waals surface area contributed by atoms with E-state index in [1.54, 1.807) is 20.3 Å². The zero-order chi connectivity index (χ0) is 13.5. The Morgan fingerprint density at radius 1 is 1.56 bits per heavy atom. The number of ether oxygens (including phenoxy) is 2. The van der Waals surface area contributed by atoms with Crippen LogP contribution >= 0.6 is 11.3 Å². The molecule has 0 aliphatic rings. The first-order valence-corrected chi connectivity index (χ1v) is 6.45. The summed E-state index contributed by atoms with van der Waals surface area (Å²) in [6.45, 7) is 3.77. The molecule has 2 N–H and O–H groups in total. The van der Waals surface area contributed by atoms with Gasteiger partial charge in [0.1, 0.15) is 4.88 Å². The van der Waals surface area contributed by atoms with Crippen molar-refractivity contribution in [3.8, 4) is 0 Å². The molecule has 1 heterocycles. The van der Waals surface area contributed by atoms with E-state index in [4.69, 9.17) is 14.6 Å². The molecule has 0 fully saturated rings. The van der Waals surface area contributed by atoms with Crippen molar-refractivity contribution in [2.75, 3.05) is 27.4 Å². The van der Waals surface area contributed by atoms with Gasteiger partial charge < -0.3 is 19.9 Å². The third-order valence-electron chi connectivity index (χ3n) is 2.60. The zero-order valence-corrected chi connectivity index (χ0v) is 11.7. The third-order valence-corrected chi connectivity index (χ3v) is 3.69. The van der Waals surface area contributed by atoms with Crippen LogP contribution in [0.1, 0.15) is 20.1 Å². The van der Waals surface area contributed by atoms with Crippen LogP contribution in [0.3, 0.4) is 0 Å². The van der Waals surface area contributed by atoms with Crippen LogP contribution in [0.5, 0.6) is 0 Å². The largest absolute Gasteiger partial charge is 0.477 e. The molecule has 0 saturated heterocycles. The van der Waals surface area contributed by atoms with Crippen LogP contribution in [0.15, 0.2) is 6.07 Å². The van der Waals surface area contributed by atoms with E-state index in [9.17, 15) is 4.79 Å². The summed E-state index contributed by atoms with van der Waals surface area (Å²) in [4.78, 5) is 12.2. The molecular formula is C12H19NO4S. The molecule has 18 heavy (non-hydrogen) atoms. The number of rotatable bonds is 8. The molecule has 1 aromatic rings. The van der Waals surface area contributed by atoms with Crippen LogP contribution in [0, 0.1) is 6.92 Å². The van der Waals surface area contributed by atoms with E-state index >= 15 is 0 Å². The van der Waals surface area contributed by atoms with Crippen molar-refractivity contribution in [1.82, 2.24) is 5.32 Å². The molecule has 0 aliphatic carbocycles. The Bertz CT molecular complexity index is 391. The molecule has 1 rings (SSSR count). The minimum Gasteiger partial charge on any atom is -0.477 e. The number of carbonyl (C=O) groups is 1. The highest BCUT2D eigenvalue weighted by atomic mass is 32.1. The molecule has 0 spiro atoms. The first kappa shape index (κ1) is 15.1. The maximum Gasteiger partial charge on any atom is 0.345 e. The minimum absolute atomic E-state index is 0.00730. The number of nitrogens with one attached hydrogen (secondary N) is 1. The highest BCUT2D eigenvalue weighted by Gasteiger charge is 2.11. The van der Waals surface area contributed by atoms with E-state index in [2.05, 4.69) is 5.32 Å². The maximum absolute atomic E-state index is 10.8. The van der Waals surface area contributed by atoms with E-state index in [0.29, 0.717) is 24.6 Å². The Kier molecular flexibility index (Phi) is 6.28. The molecule has 6 heteroatoms. The molecule has 0 aliphatic heterocycles. The number of carboxylic acids is 1. The lowest BCUT2D eigenvalue weighted by molar-refractivity contribution is 0.0288. The summed E-state index contributed by atoms with van der Waals surface area (Å²) >= 11 is 1.30. The summed E-state index contributed by atoms with van der Waals surface area (Å²) in [5.74, 6) is -0.872. The molecule has 1 atom stereocenters. The van der Waals surface area contributed by atoms with Crippen molar-refractivity contribution in [2.45, 2.75) is 19.6 Å². The molecule has 0 amide bonds. The quantitative estimate of drug-likeness (QED) is 0.751. The smallest absolute Gasteiger partial charge is 0.345 e. The van der Waals surface area contributed by atoms with E-state index in [1.165, 1.54) is 11.3 Å². The fraction of sp³-hybridized carbons (Fsp3) is 0.583. The van der Waals surface area contributed by atoms with Gasteiger partial charge in [0.25, 0.3) is 0 Å². The van der Waals surface area contributed by atoms with E-state index in [1.807, 2.05) is 6.92 Å². The second kappa shape index (κ2) is 7.48. The molecule has 1 unspecified atom stereocenters. The van der Waals surface area contributed by atoms with Crippen LogP contribution < -0.4 is 5.32 Å². The predicted molar refractivity (Wildman–Crippen MR) is 70.4 cm³/mol. The molecule has 0 radical (unpaired) electrons. The molecule has 1 aromatic heterocycles. The summed E-state index contributed by atoms with van der Waals surface area (Å²) in [5.41, 5.74) is 1.02. The van der Waals surface area contributed by atoms with Crippen LogP contribution in [0.2, 0.25) is 0 Å². The predicted octanol–water partition coefficient (Wildman–Crippen LogP) is 1.51. The first-order chi connectivity index (χ1) is 8.58. The van der Waals surface area contributed by atoms with Gasteiger partial charge in [-0.2, -0.15) is 0 Å². The minimum atomic E-state index is -0.872. The Balaban J connectivity index is 2.45. The summed E-state index contributed by atoms with van der Waals surface area (Å²) < 4.78 is 10.2. The van der Waals surface area contributed by atoms with Crippen molar-refractivity contribution in [2.24, 2.45) is 0 Å². The fourth-order valence-corrected chi connectivity index (χ4v) is 2.45. The SMILES string of the molecule is COCC(CNCc1cc(C(=O)O)sc1C)OC. The van der Waals surface area contributed by atoms with Gasteiger partial charge in [0, 0.05) is 32.2 Å². The van der Waals surface area contributed by atoms with Gasteiger partial charge in [-0.15, -0.1) is 11.3 Å². The molecule has 5 nitrogen and oxygen atoms in total. The summed E-state index contributed by atoms with van der Waals surface area (Å²) in [5, 5.41) is 12.1. The normalized spacial score (nSPS) is 12.6. The lowest BCUT2D eigenvalue weighted by Crippen LogP contribution is -2.31. The van der Waals surface area contributed by atoms with Gasteiger partial charge in [-0.1, -0.05) is 0 Å².